The molecule has 0 bridgehead atoms. The highest BCUT2D eigenvalue weighted by molar-refractivity contribution is 7.76. The number of methoxy groups -OCH3 is 1. The molecule has 2 aromatic heterocycles. The number of carboxylic acids is 1. The van der Waals surface area contributed by atoms with Crippen LogP contribution in [0.2, 0.25) is 0 Å². The lowest BCUT2D eigenvalue weighted by Crippen LogP contribution is -2.59. The van der Waals surface area contributed by atoms with Gasteiger partial charge in [-0.25, -0.2) is 23.9 Å². The van der Waals surface area contributed by atoms with E-state index >= 15 is 0 Å². The van der Waals surface area contributed by atoms with Crippen molar-refractivity contribution in [2.24, 2.45) is 11.3 Å². The van der Waals surface area contributed by atoms with Gasteiger partial charge in [0.1, 0.15) is 40.9 Å². The number of carboxylic acid groups (broad SMARTS) is 1. The van der Waals surface area contributed by atoms with Crippen LogP contribution < -0.4 is 36.1 Å². The van der Waals surface area contributed by atoms with Gasteiger partial charge in [0, 0.05) is 72.3 Å². The van der Waals surface area contributed by atoms with E-state index in [9.17, 15) is 33.0 Å². The normalized spacial score (nSPS) is 24.2. The smallest absolute Gasteiger partial charge is 0.329 e. The SMILES string of the molecule is CNCCN(C[C@@H](NC(=O)N[C@H]1CCCCCCCC2C[C@@]2(C(=O)O)NC(=O)[C@@H]2C[C@@H](Oc3cc(-c4csc(NC(C)C)n4)nc4cc(OC)ccc34)CN2C1=O)C(C)(C)C)S(=O)[O-]. The van der Waals surface area contributed by atoms with Crippen molar-refractivity contribution in [2.45, 2.75) is 128 Å². The van der Waals surface area contributed by atoms with Crippen LogP contribution in [0.3, 0.4) is 0 Å². The zero-order chi connectivity index (χ0) is 46.3. The fourth-order valence-corrected chi connectivity index (χ4v) is 9.89. The minimum atomic E-state index is -2.54. The summed E-state index contributed by atoms with van der Waals surface area (Å²) < 4.78 is 37.8. The van der Waals surface area contributed by atoms with Gasteiger partial charge >= 0.3 is 12.0 Å². The number of carbonyl (C=O) groups is 4. The van der Waals surface area contributed by atoms with Gasteiger partial charge in [0.05, 0.1) is 24.9 Å². The number of carbonyl (C=O) groups excluding carboxylic acids is 3. The van der Waals surface area contributed by atoms with Gasteiger partial charge in [-0.05, 0) is 63.6 Å². The summed E-state index contributed by atoms with van der Waals surface area (Å²) in [5.41, 5.74) is -0.241. The van der Waals surface area contributed by atoms with Crippen LogP contribution in [-0.4, -0.2) is 133 Å². The van der Waals surface area contributed by atoms with E-state index in [1.54, 1.807) is 32.4 Å². The highest BCUT2D eigenvalue weighted by Gasteiger charge is 2.62. The first-order valence-electron chi connectivity index (χ1n) is 22.2. The van der Waals surface area contributed by atoms with Gasteiger partial charge in [-0.15, -0.1) is 11.3 Å². The molecular formula is C44H64N9O9S2-. The molecule has 352 valence electrons. The molecule has 0 radical (unpaired) electrons. The summed E-state index contributed by atoms with van der Waals surface area (Å²) in [6.07, 6.45) is 4.51. The second-order valence-electron chi connectivity index (χ2n) is 18.5. The van der Waals surface area contributed by atoms with Crippen LogP contribution in [-0.2, 0) is 25.7 Å². The summed E-state index contributed by atoms with van der Waals surface area (Å²) in [5.74, 6) is -1.39. The van der Waals surface area contributed by atoms with Crippen LogP contribution in [0.4, 0.5) is 9.93 Å². The number of pyridine rings is 1. The summed E-state index contributed by atoms with van der Waals surface area (Å²) in [6.45, 7) is 10.3. The summed E-state index contributed by atoms with van der Waals surface area (Å²) in [6, 6.07) is 3.92. The Balaban J connectivity index is 1.31. The number of hydrogen-bond acceptors (Lipinski definition) is 13. The van der Waals surface area contributed by atoms with Crippen molar-refractivity contribution in [3.63, 3.8) is 0 Å². The molecule has 6 rings (SSSR count). The lowest BCUT2D eigenvalue weighted by atomic mass is 9.86. The molecular weight excluding hydrogens is 863 g/mol. The van der Waals surface area contributed by atoms with E-state index in [1.165, 1.54) is 20.5 Å². The number of thiazole rings is 1. The second kappa shape index (κ2) is 21.1. The minimum absolute atomic E-state index is 0.00366. The zero-order valence-corrected chi connectivity index (χ0v) is 39.5. The molecule has 3 fully saturated rings. The third-order valence-electron chi connectivity index (χ3n) is 12.3. The number of rotatable bonds is 15. The molecule has 3 aliphatic rings. The van der Waals surface area contributed by atoms with Crippen molar-refractivity contribution in [1.82, 2.24) is 40.4 Å². The van der Waals surface area contributed by atoms with Crippen LogP contribution >= 0.6 is 11.3 Å². The lowest BCUT2D eigenvalue weighted by molar-refractivity contribution is -0.145. The summed E-state index contributed by atoms with van der Waals surface area (Å²) in [7, 11) is 3.29. The number of urea groups is 1. The highest BCUT2D eigenvalue weighted by Crippen LogP contribution is 2.48. The van der Waals surface area contributed by atoms with Crippen molar-refractivity contribution < 1.29 is 42.5 Å². The fourth-order valence-electron chi connectivity index (χ4n) is 8.53. The molecule has 1 saturated carbocycles. The standard InChI is InChI=1S/C44H65N9O9S2/c1-26(2)46-42-49-34(25-63-42)33-21-36(30-16-15-28(61-7)19-32(30)47-33)62-29-20-35-38(54)51-44(40(56)57)22-27(44)13-11-9-8-10-12-14-31(39(55)53(35)23-29)48-41(58)50-37(43(3,4)5)24-52(64(59)60)18-17-45-6/h15-16,19,21,25-27,29,31,35,37,45H,8-14,17-18,20,22-24H2,1-7H3,(H,46,49)(H,51,54)(H,56,57)(H,59,60)(H2,48,50,58)/p-1/t27?,29-,31+,35+,37-,44-/m1/s1. The molecule has 20 heteroatoms. The maximum atomic E-state index is 14.9. The van der Waals surface area contributed by atoms with Crippen LogP contribution in [0.15, 0.2) is 29.6 Å². The van der Waals surface area contributed by atoms with Crippen molar-refractivity contribution >= 4 is 62.5 Å². The fraction of sp³-hybridized carbons (Fsp3) is 0.636. The topological polar surface area (TPSA) is 240 Å². The van der Waals surface area contributed by atoms with Crippen molar-refractivity contribution in [3.05, 3.63) is 29.6 Å². The Kier molecular flexibility index (Phi) is 16.1. The van der Waals surface area contributed by atoms with E-state index in [2.05, 4.69) is 26.6 Å². The van der Waals surface area contributed by atoms with Gasteiger partial charge in [0.15, 0.2) is 5.13 Å². The van der Waals surface area contributed by atoms with Gasteiger partial charge in [0.25, 0.3) is 0 Å². The Morgan fingerprint density at radius 2 is 1.84 bits per heavy atom. The number of amides is 4. The Morgan fingerprint density at radius 1 is 1.11 bits per heavy atom. The van der Waals surface area contributed by atoms with Crippen molar-refractivity contribution in [3.8, 4) is 22.9 Å². The number of hydrogen-bond donors (Lipinski definition) is 6. The van der Waals surface area contributed by atoms with Crippen LogP contribution in [0, 0.1) is 11.3 Å². The number of nitrogens with zero attached hydrogens (tertiary/aromatic N) is 4. The third kappa shape index (κ3) is 12.0. The first-order valence-corrected chi connectivity index (χ1v) is 24.1. The number of aromatic nitrogens is 2. The van der Waals surface area contributed by atoms with Crippen molar-refractivity contribution in [2.75, 3.05) is 45.7 Å². The van der Waals surface area contributed by atoms with E-state index in [-0.39, 0.29) is 44.4 Å². The minimum Gasteiger partial charge on any atom is -0.760 e. The van der Waals surface area contributed by atoms with Gasteiger partial charge in [-0.2, -0.15) is 0 Å². The lowest BCUT2D eigenvalue weighted by Gasteiger charge is -2.37. The molecule has 2 unspecified atom stereocenters. The number of ether oxygens (including phenoxy) is 2. The number of aliphatic carboxylic acids is 1. The third-order valence-corrected chi connectivity index (χ3v) is 13.9. The van der Waals surface area contributed by atoms with E-state index in [0.717, 1.165) is 30.8 Å². The van der Waals surface area contributed by atoms with Crippen LogP contribution in [0.25, 0.3) is 22.3 Å². The maximum absolute atomic E-state index is 14.9. The predicted octanol–water partition coefficient (Wildman–Crippen LogP) is 4.64. The van der Waals surface area contributed by atoms with Crippen LogP contribution in [0.5, 0.6) is 11.5 Å². The first-order chi connectivity index (χ1) is 30.4. The molecule has 7 atom stereocenters. The number of likely N-dealkylation sites (N-methyl/N-ethyl adjacent to an activating group) is 1. The maximum Gasteiger partial charge on any atom is 0.329 e. The Morgan fingerprint density at radius 3 is 2.52 bits per heavy atom. The molecule has 2 aliphatic heterocycles. The average Bonchev–Trinajstić information content (AvgIpc) is 3.50. The highest BCUT2D eigenvalue weighted by atomic mass is 32.2. The van der Waals surface area contributed by atoms with Gasteiger partial charge in [-0.3, -0.25) is 13.8 Å². The largest absolute Gasteiger partial charge is 0.760 e. The van der Waals surface area contributed by atoms with Gasteiger partial charge in [0.2, 0.25) is 11.8 Å². The quantitative estimate of drug-likeness (QED) is 0.114. The van der Waals surface area contributed by atoms with Crippen molar-refractivity contribution in [1.29, 1.82) is 0 Å². The molecule has 18 nitrogen and oxygen atoms in total. The molecule has 1 aliphatic carbocycles. The van der Waals surface area contributed by atoms with Gasteiger partial charge in [-0.1, -0.05) is 52.9 Å². The molecule has 0 spiro atoms. The number of benzene rings is 1. The van der Waals surface area contributed by atoms with E-state index in [1.807, 2.05) is 46.1 Å². The Labute approximate surface area is 381 Å². The summed E-state index contributed by atoms with van der Waals surface area (Å²) in [4.78, 5) is 67.1. The average molecular weight is 927 g/mol. The Hall–Kier alpha value is -4.63. The molecule has 4 amide bonds. The first kappa shape index (κ1) is 48.8. The zero-order valence-electron chi connectivity index (χ0n) is 37.9. The molecule has 1 aromatic carbocycles. The summed E-state index contributed by atoms with van der Waals surface area (Å²) in [5, 5.41) is 28.7. The van der Waals surface area contributed by atoms with Gasteiger partial charge < -0.3 is 50.6 Å². The molecule has 4 heterocycles. The molecule has 64 heavy (non-hydrogen) atoms. The molecule has 3 aromatic rings. The van der Waals surface area contributed by atoms with Crippen LogP contribution in [0.1, 0.15) is 92.4 Å². The predicted molar refractivity (Wildman–Crippen MR) is 245 cm³/mol. The summed E-state index contributed by atoms with van der Waals surface area (Å²) >= 11 is -1.09. The van der Waals surface area contributed by atoms with E-state index in [4.69, 9.17) is 19.4 Å². The van der Waals surface area contributed by atoms with E-state index in [0.29, 0.717) is 59.6 Å². The Bertz CT molecular complexity index is 2170. The molecule has 6 N–H and O–H groups in total. The van der Waals surface area contributed by atoms with E-state index < -0.39 is 70.3 Å². The monoisotopic (exact) mass is 926 g/mol. The number of nitrogens with one attached hydrogen (secondary N) is 5. The number of fused-ring (bicyclic) bond motifs is 3. The molecule has 2 saturated heterocycles. The number of anilines is 1. The second-order valence-corrected chi connectivity index (χ2v) is 20.3.